The van der Waals surface area contributed by atoms with Gasteiger partial charge in [0, 0.05) is 18.5 Å². The topological polar surface area (TPSA) is 69.7 Å². The van der Waals surface area contributed by atoms with Crippen molar-refractivity contribution in [1.29, 1.82) is 0 Å². The maximum absolute atomic E-state index is 13.5. The van der Waals surface area contributed by atoms with Gasteiger partial charge in [-0.3, -0.25) is 9.69 Å². The minimum atomic E-state index is -1.35. The van der Waals surface area contributed by atoms with Gasteiger partial charge < -0.3 is 9.29 Å². The molecule has 2 rings (SSSR count). The predicted octanol–water partition coefficient (Wildman–Crippen LogP) is 3.01. The molecule has 1 aliphatic heterocycles. The minimum Gasteiger partial charge on any atom is -0.616 e. The highest BCUT2D eigenvalue weighted by atomic mass is 32.2. The zero-order valence-electron chi connectivity index (χ0n) is 15.3. The van der Waals surface area contributed by atoms with Crippen LogP contribution in [0.1, 0.15) is 38.7 Å². The molecule has 8 heteroatoms. The van der Waals surface area contributed by atoms with E-state index >= 15 is 0 Å². The van der Waals surface area contributed by atoms with Crippen LogP contribution in [0.4, 0.5) is 13.6 Å². The third-order valence-electron chi connectivity index (χ3n) is 4.00. The smallest absolute Gasteiger partial charge is 0.410 e. The number of Topliss-reactive ketones (excluding diaryl/α,β-unsaturated/α-hetero) is 1. The van der Waals surface area contributed by atoms with Crippen LogP contribution in [0.15, 0.2) is 18.2 Å². The molecule has 144 valence electrons. The van der Waals surface area contributed by atoms with E-state index in [0.29, 0.717) is 5.56 Å². The third kappa shape index (κ3) is 5.41. The lowest BCUT2D eigenvalue weighted by Gasteiger charge is -2.27. The van der Waals surface area contributed by atoms with E-state index in [-0.39, 0.29) is 24.5 Å². The molecule has 0 spiro atoms. The van der Waals surface area contributed by atoms with Crippen LogP contribution in [0, 0.1) is 11.6 Å². The van der Waals surface area contributed by atoms with E-state index in [1.807, 2.05) is 0 Å². The Hall–Kier alpha value is -1.67. The number of likely N-dealkylation sites (tertiary alicyclic amines) is 1. The van der Waals surface area contributed by atoms with Crippen molar-refractivity contribution in [3.8, 4) is 0 Å². The Kier molecular flexibility index (Phi) is 6.29. The van der Waals surface area contributed by atoms with E-state index in [9.17, 15) is 22.9 Å². The van der Waals surface area contributed by atoms with Crippen LogP contribution in [0.3, 0.4) is 0 Å². The van der Waals surface area contributed by atoms with Gasteiger partial charge in [-0.15, -0.1) is 0 Å². The standard InChI is InChI=1S/C18H23F2NO4S/c1-18(2,3)25-17(23)21-9-12(7-15(21)16(22)10-26(4)24)11-5-13(19)8-14(20)6-11/h5-6,8,12,15H,7,9-10H2,1-4H3/t12-,15+,26+/m1/s1. The lowest BCUT2D eigenvalue weighted by atomic mass is 9.95. The van der Waals surface area contributed by atoms with E-state index in [2.05, 4.69) is 0 Å². The second-order valence-corrected chi connectivity index (χ2v) is 8.90. The first-order valence-electron chi connectivity index (χ1n) is 8.24. The van der Waals surface area contributed by atoms with E-state index in [1.165, 1.54) is 23.3 Å². The van der Waals surface area contributed by atoms with Crippen LogP contribution < -0.4 is 0 Å². The molecule has 1 amide bonds. The molecule has 0 aromatic heterocycles. The number of carbonyl (C=O) groups excluding carboxylic acids is 2. The summed E-state index contributed by atoms with van der Waals surface area (Å²) in [5.41, 5.74) is -0.370. The monoisotopic (exact) mass is 387 g/mol. The summed E-state index contributed by atoms with van der Waals surface area (Å²) in [6, 6.07) is 2.34. The zero-order chi connectivity index (χ0) is 19.6. The Balaban J connectivity index is 2.27. The molecule has 0 bridgehead atoms. The molecular weight excluding hydrogens is 364 g/mol. The molecule has 0 radical (unpaired) electrons. The normalized spacial score (nSPS) is 21.6. The van der Waals surface area contributed by atoms with E-state index in [0.717, 1.165) is 6.07 Å². The van der Waals surface area contributed by atoms with E-state index in [4.69, 9.17) is 4.74 Å². The van der Waals surface area contributed by atoms with Gasteiger partial charge in [0.2, 0.25) is 5.78 Å². The van der Waals surface area contributed by atoms with Crippen molar-refractivity contribution in [2.75, 3.05) is 18.6 Å². The van der Waals surface area contributed by atoms with Gasteiger partial charge in [0.15, 0.2) is 5.75 Å². The van der Waals surface area contributed by atoms with Gasteiger partial charge in [0.25, 0.3) is 0 Å². The second-order valence-electron chi connectivity index (χ2n) is 7.47. The van der Waals surface area contributed by atoms with Crippen molar-refractivity contribution in [2.45, 2.75) is 44.8 Å². The summed E-state index contributed by atoms with van der Waals surface area (Å²) in [6.07, 6.45) is 0.944. The fourth-order valence-electron chi connectivity index (χ4n) is 3.01. The SMILES string of the molecule is C[S@+]([O-])CC(=O)[C@@H]1C[C@@H](c2cc(F)cc(F)c2)CN1C(=O)OC(C)(C)C. The Morgan fingerprint density at radius 2 is 1.85 bits per heavy atom. The van der Waals surface area contributed by atoms with Crippen LogP contribution in [0.5, 0.6) is 0 Å². The van der Waals surface area contributed by atoms with E-state index < -0.39 is 46.5 Å². The van der Waals surface area contributed by atoms with Crippen molar-refractivity contribution in [1.82, 2.24) is 4.90 Å². The first-order chi connectivity index (χ1) is 12.0. The van der Waals surface area contributed by atoms with Gasteiger partial charge in [-0.25, -0.2) is 13.6 Å². The third-order valence-corrected chi connectivity index (χ3v) is 4.69. The summed E-state index contributed by atoms with van der Waals surface area (Å²) < 4.78 is 43.8. The highest BCUT2D eigenvalue weighted by Gasteiger charge is 2.42. The van der Waals surface area contributed by atoms with Crippen LogP contribution in [-0.4, -0.2) is 51.5 Å². The fraction of sp³-hybridized carbons (Fsp3) is 0.556. The number of halogens is 2. The molecule has 1 saturated heterocycles. The van der Waals surface area contributed by atoms with Gasteiger partial charge in [-0.05, 0) is 56.1 Å². The van der Waals surface area contributed by atoms with Gasteiger partial charge in [0.05, 0.1) is 12.3 Å². The number of hydrogen-bond acceptors (Lipinski definition) is 4. The van der Waals surface area contributed by atoms with E-state index in [1.54, 1.807) is 20.8 Å². The number of benzene rings is 1. The number of rotatable bonds is 4. The van der Waals surface area contributed by atoms with Crippen molar-refractivity contribution < 1.29 is 27.7 Å². The van der Waals surface area contributed by atoms with Gasteiger partial charge >= 0.3 is 6.09 Å². The summed E-state index contributed by atoms with van der Waals surface area (Å²) in [6.45, 7) is 5.22. The summed E-state index contributed by atoms with van der Waals surface area (Å²) >= 11 is -1.35. The molecule has 1 aromatic rings. The van der Waals surface area contributed by atoms with Crippen LogP contribution in [0.25, 0.3) is 0 Å². The van der Waals surface area contributed by atoms with Crippen molar-refractivity contribution in [2.24, 2.45) is 0 Å². The number of hydrogen-bond donors (Lipinski definition) is 0. The predicted molar refractivity (Wildman–Crippen MR) is 94.4 cm³/mol. The number of ketones is 1. The quantitative estimate of drug-likeness (QED) is 0.745. The average Bonchev–Trinajstić information content (AvgIpc) is 2.89. The lowest BCUT2D eigenvalue weighted by molar-refractivity contribution is -0.120. The molecule has 0 saturated carbocycles. The molecule has 1 heterocycles. The van der Waals surface area contributed by atoms with Crippen LogP contribution in [-0.2, 0) is 20.7 Å². The van der Waals surface area contributed by atoms with Gasteiger partial charge in [0.1, 0.15) is 17.2 Å². The van der Waals surface area contributed by atoms with Crippen LogP contribution in [0.2, 0.25) is 0 Å². The number of amides is 1. The zero-order valence-corrected chi connectivity index (χ0v) is 16.1. The Bertz CT molecular complexity index is 670. The molecule has 26 heavy (non-hydrogen) atoms. The summed E-state index contributed by atoms with van der Waals surface area (Å²) in [4.78, 5) is 26.2. The van der Waals surface area contributed by atoms with Gasteiger partial charge in [-0.1, -0.05) is 0 Å². The first-order valence-corrected chi connectivity index (χ1v) is 9.97. The highest BCUT2D eigenvalue weighted by Crippen LogP contribution is 2.34. The number of carbonyl (C=O) groups is 2. The van der Waals surface area contributed by atoms with Crippen LogP contribution >= 0.6 is 0 Å². The minimum absolute atomic E-state index is 0.102. The summed E-state index contributed by atoms with van der Waals surface area (Å²) in [5, 5.41) is 0. The Morgan fingerprint density at radius 1 is 1.27 bits per heavy atom. The first kappa shape index (κ1) is 20.6. The summed E-state index contributed by atoms with van der Waals surface area (Å²) in [7, 11) is 0. The highest BCUT2D eigenvalue weighted by molar-refractivity contribution is 7.91. The molecule has 0 aliphatic carbocycles. The lowest BCUT2D eigenvalue weighted by Crippen LogP contribution is -2.45. The molecule has 5 nitrogen and oxygen atoms in total. The Labute approximate surface area is 154 Å². The maximum atomic E-state index is 13.5. The maximum Gasteiger partial charge on any atom is 0.410 e. The largest absolute Gasteiger partial charge is 0.616 e. The molecular formula is C18H23F2NO4S. The number of ether oxygens (including phenoxy) is 1. The van der Waals surface area contributed by atoms with Gasteiger partial charge in [-0.2, -0.15) is 0 Å². The van der Waals surface area contributed by atoms with Crippen molar-refractivity contribution in [3.05, 3.63) is 35.4 Å². The summed E-state index contributed by atoms with van der Waals surface area (Å²) in [5.74, 6) is -2.38. The average molecular weight is 387 g/mol. The second kappa shape index (κ2) is 7.92. The molecule has 0 unspecified atom stereocenters. The molecule has 1 aliphatic rings. The molecule has 1 aromatic carbocycles. The Morgan fingerprint density at radius 3 is 2.35 bits per heavy atom. The fourth-order valence-corrected chi connectivity index (χ4v) is 3.61. The van der Waals surface area contributed by atoms with Crippen molar-refractivity contribution in [3.63, 3.8) is 0 Å². The van der Waals surface area contributed by atoms with Crippen molar-refractivity contribution >= 4 is 23.1 Å². The molecule has 3 atom stereocenters. The molecule has 1 fully saturated rings. The molecule has 0 N–H and O–H groups in total. The number of nitrogens with zero attached hydrogens (tertiary/aromatic N) is 1.